The van der Waals surface area contributed by atoms with Crippen molar-refractivity contribution in [3.8, 4) is 0 Å². The summed E-state index contributed by atoms with van der Waals surface area (Å²) in [6.07, 6.45) is 5.17. The Labute approximate surface area is 246 Å². The molecule has 0 amide bonds. The van der Waals surface area contributed by atoms with Gasteiger partial charge >= 0.3 is 0 Å². The van der Waals surface area contributed by atoms with Gasteiger partial charge in [0.15, 0.2) is 0 Å². The van der Waals surface area contributed by atoms with Crippen molar-refractivity contribution in [3.05, 3.63) is 179 Å². The molecule has 6 aromatic rings. The Bertz CT molecular complexity index is 1640. The highest BCUT2D eigenvalue weighted by atomic mass is 14.8. The Balaban J connectivity index is 1.28. The maximum absolute atomic E-state index is 5.11. The molecule has 0 saturated heterocycles. The van der Waals surface area contributed by atoms with Gasteiger partial charge in [-0.1, -0.05) is 36.4 Å². The van der Waals surface area contributed by atoms with Gasteiger partial charge in [0.05, 0.1) is 46.0 Å². The summed E-state index contributed by atoms with van der Waals surface area (Å²) in [5.74, 6) is -0.290. The van der Waals surface area contributed by atoms with Crippen LogP contribution in [0.25, 0.3) is 0 Å². The maximum Gasteiger partial charge on any atom is 0.0858 e. The second-order valence-corrected chi connectivity index (χ2v) is 10.4. The van der Waals surface area contributed by atoms with Crippen molar-refractivity contribution in [2.24, 2.45) is 0 Å². The number of hydrogen-bond acceptors (Lipinski definition) is 6. The van der Waals surface area contributed by atoms with E-state index < -0.39 is 0 Å². The van der Waals surface area contributed by atoms with Crippen molar-refractivity contribution in [2.45, 2.75) is 38.5 Å². The molecule has 42 heavy (non-hydrogen) atoms. The lowest BCUT2D eigenvalue weighted by molar-refractivity contribution is 0.789. The predicted molar refractivity (Wildman–Crippen MR) is 164 cm³/mol. The van der Waals surface area contributed by atoms with Crippen LogP contribution < -0.4 is 0 Å². The highest BCUT2D eigenvalue weighted by Crippen LogP contribution is 2.30. The van der Waals surface area contributed by atoms with Gasteiger partial charge in [-0.05, 0) is 99.5 Å². The van der Waals surface area contributed by atoms with Crippen LogP contribution in [0.3, 0.4) is 0 Å². The van der Waals surface area contributed by atoms with Gasteiger partial charge in [-0.25, -0.2) is 0 Å². The monoisotopic (exact) mass is 548 g/mol. The third-order valence-corrected chi connectivity index (χ3v) is 7.26. The average molecular weight is 549 g/mol. The highest BCUT2D eigenvalue weighted by Gasteiger charge is 2.23. The molecule has 0 radical (unpaired) electrons. The molecular formula is C36H32N6. The molecule has 0 bridgehead atoms. The van der Waals surface area contributed by atoms with Crippen LogP contribution in [-0.2, 0) is 12.8 Å². The van der Waals surface area contributed by atoms with E-state index in [2.05, 4.69) is 58.5 Å². The molecule has 0 aliphatic carbocycles. The van der Waals surface area contributed by atoms with Crippen molar-refractivity contribution in [3.63, 3.8) is 0 Å². The smallest absolute Gasteiger partial charge is 0.0858 e. The van der Waals surface area contributed by atoms with E-state index in [9.17, 15) is 0 Å². The molecule has 6 heterocycles. The largest absolute Gasteiger partial charge is 0.260 e. The first-order chi connectivity index (χ1) is 20.6. The van der Waals surface area contributed by atoms with E-state index >= 15 is 0 Å². The van der Waals surface area contributed by atoms with Gasteiger partial charge in [-0.2, -0.15) is 0 Å². The molecule has 6 rings (SSSR count). The molecule has 0 fully saturated rings. The van der Waals surface area contributed by atoms with Crippen molar-refractivity contribution in [2.75, 3.05) is 0 Å². The van der Waals surface area contributed by atoms with Gasteiger partial charge in [0, 0.05) is 35.2 Å². The maximum atomic E-state index is 5.11. The molecule has 0 aliphatic rings. The summed E-state index contributed by atoms with van der Waals surface area (Å²) in [6, 6.07) is 36.6. The van der Waals surface area contributed by atoms with Gasteiger partial charge < -0.3 is 0 Å². The van der Waals surface area contributed by atoms with Crippen molar-refractivity contribution in [1.29, 1.82) is 0 Å². The van der Waals surface area contributed by atoms with Crippen LogP contribution in [0.5, 0.6) is 0 Å². The Morgan fingerprint density at radius 2 is 0.786 bits per heavy atom. The van der Waals surface area contributed by atoms with Crippen molar-refractivity contribution in [1.82, 2.24) is 29.9 Å². The normalized spacial score (nSPS) is 12.5. The summed E-state index contributed by atoms with van der Waals surface area (Å²) in [4.78, 5) is 29.2. The summed E-state index contributed by atoms with van der Waals surface area (Å²) >= 11 is 0. The van der Waals surface area contributed by atoms with Crippen LogP contribution in [0.4, 0.5) is 0 Å². The van der Waals surface area contributed by atoms with E-state index in [1.54, 1.807) is 0 Å². The molecule has 0 N–H and O–H groups in total. The minimum atomic E-state index is -0.145. The topological polar surface area (TPSA) is 77.3 Å². The first-order valence-corrected chi connectivity index (χ1v) is 14.2. The molecule has 0 spiro atoms. The van der Waals surface area contributed by atoms with Crippen LogP contribution in [0.1, 0.15) is 68.8 Å². The predicted octanol–water partition coefficient (Wildman–Crippen LogP) is 6.82. The number of nitrogens with zero attached hydrogens (tertiary/aromatic N) is 6. The summed E-state index contributed by atoms with van der Waals surface area (Å²) in [5, 5.41) is 0. The minimum Gasteiger partial charge on any atom is -0.260 e. The summed E-state index contributed by atoms with van der Waals surface area (Å²) < 4.78 is 0. The first-order valence-electron chi connectivity index (χ1n) is 14.2. The third-order valence-electron chi connectivity index (χ3n) is 7.26. The summed E-state index contributed by atoms with van der Waals surface area (Å²) in [5.41, 5.74) is 9.58. The number of aryl methyl sites for hydroxylation is 4. The quantitative estimate of drug-likeness (QED) is 0.197. The van der Waals surface area contributed by atoms with E-state index in [0.717, 1.165) is 69.8 Å². The fraction of sp³-hybridized carbons (Fsp3) is 0.167. The number of hydrogen-bond donors (Lipinski definition) is 0. The first kappa shape index (κ1) is 27.1. The number of pyridine rings is 6. The molecule has 0 unspecified atom stereocenters. The molecular weight excluding hydrogens is 516 g/mol. The molecule has 0 aliphatic heterocycles. The molecule has 0 aromatic carbocycles. The summed E-state index contributed by atoms with van der Waals surface area (Å²) in [6.45, 7) is 4.02. The Hall–Kier alpha value is -5.10. The SMILES string of the molecule is Cc1cccc([C@@H](c2ccccn2)c2cccc(CCc3cccc([C@@H](c4ccccn4)c4cccc(C)n4)n3)n2)n1. The third kappa shape index (κ3) is 6.28. The van der Waals surface area contributed by atoms with Crippen LogP contribution in [0.15, 0.2) is 122 Å². The summed E-state index contributed by atoms with van der Waals surface area (Å²) in [7, 11) is 0. The standard InChI is InChI=1S/C36H32N6/c1-25-11-7-17-31(39-25)35(29-15-3-5-23-37-29)33-19-9-13-27(41-33)21-22-28-14-10-20-34(42-28)36(30-16-4-6-24-38-30)32-18-8-12-26(2)40-32/h3-20,23-24,35-36H,21-22H2,1-2H3/t35-,36+. The zero-order valence-electron chi connectivity index (χ0n) is 23.8. The van der Waals surface area contributed by atoms with Gasteiger partial charge in [0.1, 0.15) is 0 Å². The van der Waals surface area contributed by atoms with Crippen molar-refractivity contribution < 1.29 is 0 Å². The second kappa shape index (κ2) is 12.6. The van der Waals surface area contributed by atoms with E-state index in [-0.39, 0.29) is 11.8 Å². The molecule has 6 aromatic heterocycles. The van der Waals surface area contributed by atoms with Gasteiger partial charge in [-0.3, -0.25) is 29.9 Å². The van der Waals surface area contributed by atoms with Crippen LogP contribution in [0.2, 0.25) is 0 Å². The lowest BCUT2D eigenvalue weighted by Crippen LogP contribution is -2.12. The van der Waals surface area contributed by atoms with Crippen LogP contribution >= 0.6 is 0 Å². The zero-order chi connectivity index (χ0) is 28.7. The van der Waals surface area contributed by atoms with E-state index in [1.807, 2.05) is 86.9 Å². The van der Waals surface area contributed by atoms with Gasteiger partial charge in [0.2, 0.25) is 0 Å². The fourth-order valence-corrected chi connectivity index (χ4v) is 5.30. The van der Waals surface area contributed by atoms with E-state index in [0.29, 0.717) is 0 Å². The van der Waals surface area contributed by atoms with Crippen LogP contribution in [-0.4, -0.2) is 29.9 Å². The molecule has 2 atom stereocenters. The van der Waals surface area contributed by atoms with E-state index in [4.69, 9.17) is 19.9 Å². The average Bonchev–Trinajstić information content (AvgIpc) is 3.02. The minimum absolute atomic E-state index is 0.145. The van der Waals surface area contributed by atoms with Gasteiger partial charge in [-0.15, -0.1) is 0 Å². The number of aromatic nitrogens is 6. The molecule has 6 nitrogen and oxygen atoms in total. The lowest BCUT2D eigenvalue weighted by atomic mass is 9.94. The molecule has 0 saturated carbocycles. The Morgan fingerprint density at radius 1 is 0.405 bits per heavy atom. The Kier molecular flexibility index (Phi) is 8.13. The fourth-order valence-electron chi connectivity index (χ4n) is 5.30. The zero-order valence-corrected chi connectivity index (χ0v) is 23.8. The Morgan fingerprint density at radius 3 is 1.17 bits per heavy atom. The van der Waals surface area contributed by atoms with Crippen LogP contribution in [0, 0.1) is 13.8 Å². The molecule has 206 valence electrons. The highest BCUT2D eigenvalue weighted by molar-refractivity contribution is 5.36. The molecule has 6 heteroatoms. The second-order valence-electron chi connectivity index (χ2n) is 10.4. The van der Waals surface area contributed by atoms with Crippen molar-refractivity contribution >= 4 is 0 Å². The lowest BCUT2D eigenvalue weighted by Gasteiger charge is -2.18. The van der Waals surface area contributed by atoms with E-state index in [1.165, 1.54) is 0 Å². The van der Waals surface area contributed by atoms with Gasteiger partial charge in [0.25, 0.3) is 0 Å². The number of rotatable bonds is 9.